The second-order valence-electron chi connectivity index (χ2n) is 6.97. The Morgan fingerprint density at radius 2 is 1.65 bits per heavy atom. The van der Waals surface area contributed by atoms with Crippen LogP contribution in [0, 0.1) is 20.2 Å². The van der Waals surface area contributed by atoms with Gasteiger partial charge in [-0.25, -0.2) is 4.79 Å². The summed E-state index contributed by atoms with van der Waals surface area (Å²) in [6.07, 6.45) is 3.06. The minimum absolute atomic E-state index is 0.0603. The first kappa shape index (κ1) is 22.0. The first-order valence-corrected chi connectivity index (χ1v) is 9.90. The van der Waals surface area contributed by atoms with Gasteiger partial charge < -0.3 is 15.4 Å². The van der Waals surface area contributed by atoms with Gasteiger partial charge in [-0.2, -0.15) is 9.56 Å². The molecule has 0 aliphatic rings. The number of pyridine rings is 2. The molecule has 4 aromatic rings. The SMILES string of the molecule is O=C(/N=c1/cc(-c2ccccc2)n(-c2cccnc2)c([N+](=O)[O-])c1)Nc1ccc([N+](=O)[O-])cc1. The number of carbonyl (C=O) groups is 1. The molecule has 2 aromatic heterocycles. The van der Waals surface area contributed by atoms with Gasteiger partial charge in [0.25, 0.3) is 5.69 Å². The average Bonchev–Trinajstić information content (AvgIpc) is 2.85. The first-order chi connectivity index (χ1) is 16.4. The number of nitro benzene ring substituents is 1. The summed E-state index contributed by atoms with van der Waals surface area (Å²) >= 11 is 0. The highest BCUT2D eigenvalue weighted by molar-refractivity contribution is 5.90. The fourth-order valence-electron chi connectivity index (χ4n) is 3.28. The third kappa shape index (κ3) is 4.83. The number of hydrogen-bond acceptors (Lipinski definition) is 6. The summed E-state index contributed by atoms with van der Waals surface area (Å²) in [6.45, 7) is 0. The number of hydrogen-bond donors (Lipinski definition) is 1. The summed E-state index contributed by atoms with van der Waals surface area (Å²) in [5.41, 5.74) is 1.74. The maximum atomic E-state index is 12.5. The molecule has 34 heavy (non-hydrogen) atoms. The van der Waals surface area contributed by atoms with Crippen molar-refractivity contribution in [3.05, 3.63) is 117 Å². The topological polar surface area (TPSA) is 146 Å². The molecule has 11 heteroatoms. The van der Waals surface area contributed by atoms with E-state index in [1.807, 2.05) is 6.07 Å². The van der Waals surface area contributed by atoms with Gasteiger partial charge in [0.1, 0.15) is 5.69 Å². The maximum Gasteiger partial charge on any atom is 0.345 e. The van der Waals surface area contributed by atoms with Crippen LogP contribution in [0.15, 0.2) is 96.2 Å². The predicted molar refractivity (Wildman–Crippen MR) is 123 cm³/mol. The molecule has 0 fully saturated rings. The Labute approximate surface area is 192 Å². The normalized spacial score (nSPS) is 11.1. The Morgan fingerprint density at radius 1 is 0.912 bits per heavy atom. The van der Waals surface area contributed by atoms with Crippen LogP contribution in [0.25, 0.3) is 16.9 Å². The van der Waals surface area contributed by atoms with Crippen molar-refractivity contribution in [2.75, 3.05) is 5.32 Å². The van der Waals surface area contributed by atoms with Crippen LogP contribution in [-0.2, 0) is 0 Å². The fourth-order valence-corrected chi connectivity index (χ4v) is 3.28. The van der Waals surface area contributed by atoms with E-state index < -0.39 is 15.9 Å². The van der Waals surface area contributed by atoms with E-state index in [2.05, 4.69) is 15.3 Å². The van der Waals surface area contributed by atoms with Crippen LogP contribution in [0.1, 0.15) is 0 Å². The molecule has 4 rings (SSSR count). The second-order valence-corrected chi connectivity index (χ2v) is 6.97. The molecule has 2 heterocycles. The van der Waals surface area contributed by atoms with Crippen molar-refractivity contribution < 1.29 is 14.6 Å². The Hall–Kier alpha value is -5.19. The van der Waals surface area contributed by atoms with E-state index in [4.69, 9.17) is 0 Å². The fraction of sp³-hybridized carbons (Fsp3) is 0. The molecule has 0 bridgehead atoms. The highest BCUT2D eigenvalue weighted by Gasteiger charge is 2.21. The van der Waals surface area contributed by atoms with Crippen LogP contribution in [0.2, 0.25) is 0 Å². The monoisotopic (exact) mass is 456 g/mol. The van der Waals surface area contributed by atoms with Crippen LogP contribution in [0.5, 0.6) is 0 Å². The van der Waals surface area contributed by atoms with Gasteiger partial charge in [0, 0.05) is 35.6 Å². The summed E-state index contributed by atoms with van der Waals surface area (Å²) in [7, 11) is 0. The summed E-state index contributed by atoms with van der Waals surface area (Å²) in [5, 5.41) is 25.3. The number of nitrogens with zero attached hydrogens (tertiary/aromatic N) is 5. The molecule has 168 valence electrons. The van der Waals surface area contributed by atoms with Gasteiger partial charge in [-0.1, -0.05) is 30.3 Å². The predicted octanol–water partition coefficient (Wildman–Crippen LogP) is 4.49. The van der Waals surface area contributed by atoms with E-state index in [9.17, 15) is 25.0 Å². The quantitative estimate of drug-likeness (QED) is 0.346. The van der Waals surface area contributed by atoms with E-state index in [1.54, 1.807) is 48.7 Å². The number of non-ortho nitro benzene ring substituents is 1. The molecule has 11 nitrogen and oxygen atoms in total. The highest BCUT2D eigenvalue weighted by Crippen LogP contribution is 2.26. The van der Waals surface area contributed by atoms with Crippen molar-refractivity contribution in [3.63, 3.8) is 0 Å². The standard InChI is InChI=1S/C23H16N6O5/c30-23(25-17-8-10-19(11-9-17)28(31)32)26-18-13-21(16-5-2-1-3-6-16)27(22(14-18)29(33)34)20-7-4-12-24-15-20/h1-15H,(H,25,30)/b26-18-. The van der Waals surface area contributed by atoms with Gasteiger partial charge in [-0.15, -0.1) is 0 Å². The molecule has 1 N–H and O–H groups in total. The lowest BCUT2D eigenvalue weighted by atomic mass is 10.1. The molecule has 0 aliphatic carbocycles. The maximum absolute atomic E-state index is 12.5. The number of amides is 2. The van der Waals surface area contributed by atoms with Gasteiger partial charge in [0.15, 0.2) is 5.69 Å². The molecule has 0 radical (unpaired) electrons. The van der Waals surface area contributed by atoms with Crippen LogP contribution in [0.3, 0.4) is 0 Å². The van der Waals surface area contributed by atoms with Crippen LogP contribution < -0.4 is 10.7 Å². The molecule has 2 aromatic carbocycles. The molecule has 0 aliphatic heterocycles. The van der Waals surface area contributed by atoms with E-state index in [0.717, 1.165) is 0 Å². The zero-order valence-corrected chi connectivity index (χ0v) is 17.4. The summed E-state index contributed by atoms with van der Waals surface area (Å²) in [5.74, 6) is -0.309. The lowest BCUT2D eigenvalue weighted by Gasteiger charge is -2.11. The number of rotatable bonds is 5. The lowest BCUT2D eigenvalue weighted by molar-refractivity contribution is -0.391. The van der Waals surface area contributed by atoms with E-state index in [-0.39, 0.29) is 16.9 Å². The van der Waals surface area contributed by atoms with Crippen molar-refractivity contribution in [2.24, 2.45) is 4.99 Å². The van der Waals surface area contributed by atoms with Gasteiger partial charge in [-0.05, 0) is 29.2 Å². The Bertz CT molecular complexity index is 1430. The van der Waals surface area contributed by atoms with Crippen LogP contribution in [-0.4, -0.2) is 25.4 Å². The molecule has 0 saturated carbocycles. The van der Waals surface area contributed by atoms with E-state index in [0.29, 0.717) is 22.6 Å². The number of urea groups is 1. The van der Waals surface area contributed by atoms with Crippen LogP contribution in [0.4, 0.5) is 22.0 Å². The van der Waals surface area contributed by atoms with Crippen molar-refractivity contribution in [1.82, 2.24) is 9.55 Å². The minimum Gasteiger partial charge on any atom is -0.358 e. The molecular formula is C23H16N6O5. The second kappa shape index (κ2) is 9.53. The third-order valence-corrected chi connectivity index (χ3v) is 4.75. The number of benzene rings is 2. The van der Waals surface area contributed by atoms with E-state index >= 15 is 0 Å². The molecule has 0 unspecified atom stereocenters. The summed E-state index contributed by atoms with van der Waals surface area (Å²) in [6, 6.07) is 19.5. The van der Waals surface area contributed by atoms with Gasteiger partial charge in [0.05, 0.1) is 22.5 Å². The van der Waals surface area contributed by atoms with Crippen LogP contribution >= 0.6 is 0 Å². The zero-order valence-electron chi connectivity index (χ0n) is 17.4. The van der Waals surface area contributed by atoms with Crippen molar-refractivity contribution in [3.8, 4) is 16.9 Å². The van der Waals surface area contributed by atoms with Crippen molar-refractivity contribution in [1.29, 1.82) is 0 Å². The molecule has 0 saturated heterocycles. The zero-order chi connectivity index (χ0) is 24.1. The lowest BCUT2D eigenvalue weighted by Crippen LogP contribution is -2.17. The number of nitro groups is 2. The molecule has 0 spiro atoms. The Morgan fingerprint density at radius 3 is 2.26 bits per heavy atom. The van der Waals surface area contributed by atoms with Gasteiger partial charge >= 0.3 is 11.8 Å². The average molecular weight is 456 g/mol. The minimum atomic E-state index is -0.790. The largest absolute Gasteiger partial charge is 0.358 e. The molecule has 0 atom stereocenters. The third-order valence-electron chi connectivity index (χ3n) is 4.75. The Balaban J connectivity index is 1.81. The van der Waals surface area contributed by atoms with Crippen molar-refractivity contribution in [2.45, 2.75) is 0 Å². The molecular weight excluding hydrogens is 440 g/mol. The van der Waals surface area contributed by atoms with Gasteiger partial charge in [0.2, 0.25) is 0 Å². The summed E-state index contributed by atoms with van der Waals surface area (Å²) < 4.78 is 1.43. The summed E-state index contributed by atoms with van der Waals surface area (Å²) in [4.78, 5) is 42.1. The first-order valence-electron chi connectivity index (χ1n) is 9.90. The molecule has 2 amide bonds. The number of carbonyl (C=O) groups excluding carboxylic acids is 1. The number of anilines is 1. The van der Waals surface area contributed by atoms with E-state index in [1.165, 1.54) is 41.1 Å². The number of nitrogens with one attached hydrogen (secondary N) is 1. The van der Waals surface area contributed by atoms with Gasteiger partial charge in [-0.3, -0.25) is 15.1 Å². The number of aromatic nitrogens is 2. The Kier molecular flexibility index (Phi) is 6.17. The smallest absolute Gasteiger partial charge is 0.345 e. The highest BCUT2D eigenvalue weighted by atomic mass is 16.6. The van der Waals surface area contributed by atoms with Crippen molar-refractivity contribution >= 4 is 23.2 Å².